The molecule has 1 rings (SSSR count). The van der Waals surface area contributed by atoms with Crippen LogP contribution < -0.4 is 5.73 Å². The standard InChI is InChI=1S/C12H17N3OS/c1-2-7-15(8-5-11(13)17)12(16)10-4-3-6-14-9-10/h3-4,6,9H,2,5,7-8H2,1H3,(H2,13,17). The van der Waals surface area contributed by atoms with E-state index in [1.165, 1.54) is 0 Å². The summed E-state index contributed by atoms with van der Waals surface area (Å²) in [5, 5.41) is 0. The highest BCUT2D eigenvalue weighted by molar-refractivity contribution is 7.80. The summed E-state index contributed by atoms with van der Waals surface area (Å²) in [5.74, 6) is -0.0174. The van der Waals surface area contributed by atoms with Gasteiger partial charge >= 0.3 is 0 Å². The summed E-state index contributed by atoms with van der Waals surface area (Å²) < 4.78 is 0. The summed E-state index contributed by atoms with van der Waals surface area (Å²) in [6, 6.07) is 3.52. The zero-order valence-electron chi connectivity index (χ0n) is 9.93. The maximum Gasteiger partial charge on any atom is 0.255 e. The lowest BCUT2D eigenvalue weighted by molar-refractivity contribution is 0.0760. The lowest BCUT2D eigenvalue weighted by Gasteiger charge is -2.21. The Bertz CT molecular complexity index is 381. The second-order valence-corrected chi connectivity index (χ2v) is 4.27. The minimum absolute atomic E-state index is 0.0174. The number of carbonyl (C=O) groups is 1. The van der Waals surface area contributed by atoms with Gasteiger partial charge in [-0.1, -0.05) is 19.1 Å². The van der Waals surface area contributed by atoms with E-state index in [9.17, 15) is 4.79 Å². The van der Waals surface area contributed by atoms with Gasteiger partial charge in [-0.3, -0.25) is 9.78 Å². The Hall–Kier alpha value is -1.49. The van der Waals surface area contributed by atoms with Crippen LogP contribution in [0, 0.1) is 0 Å². The molecule has 0 radical (unpaired) electrons. The molecule has 0 unspecified atom stereocenters. The molecule has 92 valence electrons. The molecule has 4 nitrogen and oxygen atoms in total. The predicted molar refractivity (Wildman–Crippen MR) is 71.8 cm³/mol. The number of nitrogens with zero attached hydrogens (tertiary/aromatic N) is 2. The lowest BCUT2D eigenvalue weighted by atomic mass is 10.2. The quantitative estimate of drug-likeness (QED) is 0.780. The van der Waals surface area contributed by atoms with Gasteiger partial charge in [0.2, 0.25) is 0 Å². The summed E-state index contributed by atoms with van der Waals surface area (Å²) in [5.41, 5.74) is 6.06. The SMILES string of the molecule is CCCN(CCC(N)=S)C(=O)c1cccnc1. The van der Waals surface area contributed by atoms with Crippen molar-refractivity contribution in [2.24, 2.45) is 5.73 Å². The van der Waals surface area contributed by atoms with Crippen LogP contribution in [0.4, 0.5) is 0 Å². The van der Waals surface area contributed by atoms with E-state index in [0.717, 1.165) is 6.42 Å². The Kier molecular flexibility index (Phi) is 5.56. The van der Waals surface area contributed by atoms with Crippen LogP contribution in [0.3, 0.4) is 0 Å². The highest BCUT2D eigenvalue weighted by atomic mass is 32.1. The van der Waals surface area contributed by atoms with Crippen molar-refractivity contribution in [3.63, 3.8) is 0 Å². The Morgan fingerprint density at radius 1 is 1.53 bits per heavy atom. The smallest absolute Gasteiger partial charge is 0.255 e. The van der Waals surface area contributed by atoms with Crippen LogP contribution in [0.15, 0.2) is 24.5 Å². The molecule has 0 saturated heterocycles. The molecule has 0 atom stereocenters. The number of rotatable bonds is 6. The third kappa shape index (κ3) is 4.48. The molecule has 0 bridgehead atoms. The second kappa shape index (κ2) is 6.96. The molecule has 0 aliphatic rings. The largest absolute Gasteiger partial charge is 0.393 e. The Morgan fingerprint density at radius 3 is 2.82 bits per heavy atom. The van der Waals surface area contributed by atoms with Gasteiger partial charge in [0.25, 0.3) is 5.91 Å². The Balaban J connectivity index is 2.69. The molecular formula is C12H17N3OS. The first kappa shape index (κ1) is 13.6. The zero-order valence-corrected chi connectivity index (χ0v) is 10.7. The van der Waals surface area contributed by atoms with Crippen molar-refractivity contribution < 1.29 is 4.79 Å². The average molecular weight is 251 g/mol. The van der Waals surface area contributed by atoms with E-state index < -0.39 is 0 Å². The first-order valence-corrected chi connectivity index (χ1v) is 6.03. The number of thiocarbonyl (C=S) groups is 1. The number of aromatic nitrogens is 1. The normalized spacial score (nSPS) is 9.94. The van der Waals surface area contributed by atoms with Crippen LogP contribution in [0.5, 0.6) is 0 Å². The molecule has 0 aliphatic carbocycles. The molecular weight excluding hydrogens is 234 g/mol. The minimum Gasteiger partial charge on any atom is -0.393 e. The molecule has 17 heavy (non-hydrogen) atoms. The van der Waals surface area contributed by atoms with E-state index in [0.29, 0.717) is 30.1 Å². The van der Waals surface area contributed by atoms with Gasteiger partial charge in [0.05, 0.1) is 10.6 Å². The summed E-state index contributed by atoms with van der Waals surface area (Å²) in [4.78, 5) is 18.3. The predicted octanol–water partition coefficient (Wildman–Crippen LogP) is 1.61. The number of pyridine rings is 1. The first-order chi connectivity index (χ1) is 8.15. The number of nitrogens with two attached hydrogens (primary N) is 1. The second-order valence-electron chi connectivity index (χ2n) is 3.75. The molecule has 1 heterocycles. The van der Waals surface area contributed by atoms with Crippen molar-refractivity contribution in [2.75, 3.05) is 13.1 Å². The number of amides is 1. The third-order valence-electron chi connectivity index (χ3n) is 2.32. The Labute approximate surface area is 107 Å². The number of hydrogen-bond acceptors (Lipinski definition) is 3. The molecule has 1 aromatic rings. The topological polar surface area (TPSA) is 59.2 Å². The van der Waals surface area contributed by atoms with E-state index in [4.69, 9.17) is 18.0 Å². The van der Waals surface area contributed by atoms with E-state index >= 15 is 0 Å². The van der Waals surface area contributed by atoms with Crippen LogP contribution in [0.25, 0.3) is 0 Å². The summed E-state index contributed by atoms with van der Waals surface area (Å²) in [6.07, 6.45) is 4.69. The van der Waals surface area contributed by atoms with Crippen LogP contribution in [-0.4, -0.2) is 33.9 Å². The number of carbonyl (C=O) groups excluding carboxylic acids is 1. The number of hydrogen-bond donors (Lipinski definition) is 1. The molecule has 1 amide bonds. The zero-order chi connectivity index (χ0) is 12.7. The fourth-order valence-corrected chi connectivity index (χ4v) is 1.59. The molecule has 0 spiro atoms. The molecule has 1 aromatic heterocycles. The van der Waals surface area contributed by atoms with Crippen molar-refractivity contribution >= 4 is 23.1 Å². The fourth-order valence-electron chi connectivity index (χ4n) is 1.50. The van der Waals surface area contributed by atoms with E-state index in [1.54, 1.807) is 29.4 Å². The molecule has 0 fully saturated rings. The van der Waals surface area contributed by atoms with E-state index in [1.807, 2.05) is 6.92 Å². The first-order valence-electron chi connectivity index (χ1n) is 5.62. The van der Waals surface area contributed by atoms with Gasteiger partial charge in [-0.15, -0.1) is 0 Å². The van der Waals surface area contributed by atoms with Gasteiger partial charge < -0.3 is 10.6 Å². The van der Waals surface area contributed by atoms with Crippen molar-refractivity contribution in [3.8, 4) is 0 Å². The van der Waals surface area contributed by atoms with Gasteiger partial charge in [-0.25, -0.2) is 0 Å². The van der Waals surface area contributed by atoms with Crippen LogP contribution in [-0.2, 0) is 0 Å². The Morgan fingerprint density at radius 2 is 2.29 bits per heavy atom. The molecule has 0 saturated carbocycles. The summed E-state index contributed by atoms with van der Waals surface area (Å²) >= 11 is 4.83. The molecule has 2 N–H and O–H groups in total. The highest BCUT2D eigenvalue weighted by Crippen LogP contribution is 2.05. The van der Waals surface area contributed by atoms with Crippen molar-refractivity contribution in [1.82, 2.24) is 9.88 Å². The third-order valence-corrected chi connectivity index (χ3v) is 2.52. The molecule has 0 aliphatic heterocycles. The van der Waals surface area contributed by atoms with Crippen molar-refractivity contribution in [3.05, 3.63) is 30.1 Å². The van der Waals surface area contributed by atoms with Crippen LogP contribution >= 0.6 is 12.2 Å². The van der Waals surface area contributed by atoms with E-state index in [-0.39, 0.29) is 5.91 Å². The van der Waals surface area contributed by atoms with Gasteiger partial charge in [-0.05, 0) is 18.6 Å². The van der Waals surface area contributed by atoms with Gasteiger partial charge in [0, 0.05) is 31.9 Å². The van der Waals surface area contributed by atoms with Crippen molar-refractivity contribution in [2.45, 2.75) is 19.8 Å². The van der Waals surface area contributed by atoms with Crippen LogP contribution in [0.2, 0.25) is 0 Å². The lowest BCUT2D eigenvalue weighted by Crippen LogP contribution is -2.34. The summed E-state index contributed by atoms with van der Waals surface area (Å²) in [7, 11) is 0. The maximum atomic E-state index is 12.1. The molecule has 5 heteroatoms. The van der Waals surface area contributed by atoms with Crippen molar-refractivity contribution in [1.29, 1.82) is 0 Å². The van der Waals surface area contributed by atoms with Crippen LogP contribution in [0.1, 0.15) is 30.1 Å². The maximum absolute atomic E-state index is 12.1. The summed E-state index contributed by atoms with van der Waals surface area (Å²) in [6.45, 7) is 3.30. The molecule has 0 aromatic carbocycles. The van der Waals surface area contributed by atoms with Gasteiger partial charge in [0.15, 0.2) is 0 Å². The van der Waals surface area contributed by atoms with Gasteiger partial charge in [-0.2, -0.15) is 0 Å². The average Bonchev–Trinajstić information content (AvgIpc) is 2.34. The van der Waals surface area contributed by atoms with Gasteiger partial charge in [0.1, 0.15) is 0 Å². The fraction of sp³-hybridized carbons (Fsp3) is 0.417. The minimum atomic E-state index is -0.0174. The van der Waals surface area contributed by atoms with E-state index in [2.05, 4.69) is 4.98 Å². The highest BCUT2D eigenvalue weighted by Gasteiger charge is 2.14. The monoisotopic (exact) mass is 251 g/mol.